The highest BCUT2D eigenvalue weighted by molar-refractivity contribution is 7.91. The Morgan fingerprint density at radius 3 is 2.60 bits per heavy atom. The van der Waals surface area contributed by atoms with Crippen LogP contribution in [0.1, 0.15) is 18.9 Å². The average Bonchev–Trinajstić information content (AvgIpc) is 2.40. The van der Waals surface area contributed by atoms with Crippen molar-refractivity contribution >= 4 is 9.84 Å². The van der Waals surface area contributed by atoms with Crippen LogP contribution in [0.2, 0.25) is 0 Å². The third kappa shape index (κ3) is 5.38. The minimum atomic E-state index is -3.01. The Kier molecular flexibility index (Phi) is 6.81. The molecule has 0 heterocycles. The minimum absolute atomic E-state index is 0.0387. The van der Waals surface area contributed by atoms with Gasteiger partial charge in [-0.15, -0.1) is 0 Å². The van der Waals surface area contributed by atoms with E-state index in [1.807, 2.05) is 26.1 Å². The van der Waals surface area contributed by atoms with E-state index in [0.717, 1.165) is 5.56 Å². The van der Waals surface area contributed by atoms with Gasteiger partial charge in [-0.2, -0.15) is 0 Å². The Morgan fingerprint density at radius 1 is 1.25 bits per heavy atom. The molecule has 1 aromatic rings. The van der Waals surface area contributed by atoms with Gasteiger partial charge < -0.3 is 14.8 Å². The molecule has 6 heteroatoms. The maximum Gasteiger partial charge on any atom is 0.153 e. The number of rotatable bonds is 9. The summed E-state index contributed by atoms with van der Waals surface area (Å²) in [5, 5.41) is 3.05. The van der Waals surface area contributed by atoms with E-state index >= 15 is 0 Å². The molecule has 1 rings (SSSR count). The first-order valence-corrected chi connectivity index (χ1v) is 8.49. The molecule has 0 saturated carbocycles. The predicted molar refractivity (Wildman–Crippen MR) is 80.2 cm³/mol. The van der Waals surface area contributed by atoms with E-state index in [0.29, 0.717) is 24.5 Å². The molecule has 0 atom stereocenters. The zero-order valence-corrected chi connectivity index (χ0v) is 13.1. The van der Waals surface area contributed by atoms with Crippen LogP contribution in [-0.2, 0) is 16.4 Å². The number of nitrogens with one attached hydrogen (secondary N) is 1. The van der Waals surface area contributed by atoms with E-state index in [1.165, 1.54) is 0 Å². The maximum absolute atomic E-state index is 11.6. The Balaban J connectivity index is 2.70. The van der Waals surface area contributed by atoms with Crippen LogP contribution in [0.15, 0.2) is 18.2 Å². The molecule has 20 heavy (non-hydrogen) atoms. The van der Waals surface area contributed by atoms with Crippen molar-refractivity contribution in [1.82, 2.24) is 5.32 Å². The number of hydrogen-bond donors (Lipinski definition) is 1. The van der Waals surface area contributed by atoms with Crippen LogP contribution in [0.25, 0.3) is 0 Å². The topological polar surface area (TPSA) is 64.6 Å². The first-order chi connectivity index (χ1) is 9.52. The van der Waals surface area contributed by atoms with Crippen LogP contribution in [0.3, 0.4) is 0 Å². The van der Waals surface area contributed by atoms with Crippen molar-refractivity contribution in [1.29, 1.82) is 0 Å². The number of methoxy groups -OCH3 is 1. The lowest BCUT2D eigenvalue weighted by molar-refractivity contribution is 0.332. The quantitative estimate of drug-likeness (QED) is 0.751. The van der Waals surface area contributed by atoms with Gasteiger partial charge in [0, 0.05) is 18.2 Å². The van der Waals surface area contributed by atoms with Gasteiger partial charge in [-0.3, -0.25) is 0 Å². The van der Waals surface area contributed by atoms with Crippen LogP contribution in [0.5, 0.6) is 11.5 Å². The van der Waals surface area contributed by atoms with Gasteiger partial charge in [-0.25, -0.2) is 8.42 Å². The second-order valence-corrected chi connectivity index (χ2v) is 6.81. The zero-order chi connectivity index (χ0) is 15.0. The van der Waals surface area contributed by atoms with Gasteiger partial charge in [0.05, 0.1) is 18.6 Å². The summed E-state index contributed by atoms with van der Waals surface area (Å²) in [5.41, 5.74) is 0.973. The highest BCUT2D eigenvalue weighted by Crippen LogP contribution is 2.24. The van der Waals surface area contributed by atoms with Gasteiger partial charge in [-0.05, 0) is 19.5 Å². The van der Waals surface area contributed by atoms with Crippen molar-refractivity contribution < 1.29 is 17.9 Å². The first-order valence-electron chi connectivity index (χ1n) is 6.67. The molecule has 0 bridgehead atoms. The van der Waals surface area contributed by atoms with Crippen molar-refractivity contribution in [2.24, 2.45) is 0 Å². The fraction of sp³-hybridized carbons (Fsp3) is 0.571. The molecule has 0 saturated heterocycles. The van der Waals surface area contributed by atoms with Crippen LogP contribution < -0.4 is 14.8 Å². The summed E-state index contributed by atoms with van der Waals surface area (Å²) < 4.78 is 34.0. The maximum atomic E-state index is 11.6. The summed E-state index contributed by atoms with van der Waals surface area (Å²) in [5.74, 6) is 1.59. The minimum Gasteiger partial charge on any atom is -0.497 e. The van der Waals surface area contributed by atoms with Crippen molar-refractivity contribution in [3.8, 4) is 11.5 Å². The SMILES string of the molecule is CCCS(=O)(=O)CCOc1cc(OC)ccc1CNC. The Hall–Kier alpha value is -1.27. The molecule has 0 aliphatic carbocycles. The second kappa shape index (κ2) is 8.11. The molecule has 5 nitrogen and oxygen atoms in total. The summed E-state index contributed by atoms with van der Waals surface area (Å²) in [7, 11) is 0.418. The van der Waals surface area contributed by atoms with E-state index in [-0.39, 0.29) is 18.1 Å². The normalized spacial score (nSPS) is 11.3. The molecule has 0 fully saturated rings. The molecule has 0 unspecified atom stereocenters. The van der Waals surface area contributed by atoms with E-state index < -0.39 is 9.84 Å². The molecule has 0 aliphatic heterocycles. The molecule has 1 aromatic carbocycles. The van der Waals surface area contributed by atoms with E-state index in [4.69, 9.17) is 9.47 Å². The van der Waals surface area contributed by atoms with Crippen molar-refractivity contribution in [3.05, 3.63) is 23.8 Å². The number of hydrogen-bond acceptors (Lipinski definition) is 5. The highest BCUT2D eigenvalue weighted by Gasteiger charge is 2.11. The Morgan fingerprint density at radius 2 is 2.00 bits per heavy atom. The standard InChI is InChI=1S/C14H23NO4S/c1-4-8-20(16,17)9-7-19-14-10-13(18-3)6-5-12(14)11-15-2/h5-6,10,15H,4,7-9,11H2,1-3H3. The van der Waals surface area contributed by atoms with Crippen LogP contribution in [0.4, 0.5) is 0 Å². The van der Waals surface area contributed by atoms with E-state index in [9.17, 15) is 8.42 Å². The number of ether oxygens (including phenoxy) is 2. The number of sulfone groups is 1. The second-order valence-electron chi connectivity index (χ2n) is 4.50. The summed E-state index contributed by atoms with van der Waals surface area (Å²) in [6.45, 7) is 2.67. The molecule has 0 aromatic heterocycles. The predicted octanol–water partition coefficient (Wildman–Crippen LogP) is 1.62. The highest BCUT2D eigenvalue weighted by atomic mass is 32.2. The largest absolute Gasteiger partial charge is 0.497 e. The zero-order valence-electron chi connectivity index (χ0n) is 12.3. The summed E-state index contributed by atoms with van der Waals surface area (Å²) in [6.07, 6.45) is 0.631. The summed E-state index contributed by atoms with van der Waals surface area (Å²) in [6, 6.07) is 5.54. The van der Waals surface area contributed by atoms with Crippen molar-refractivity contribution in [2.45, 2.75) is 19.9 Å². The van der Waals surface area contributed by atoms with Gasteiger partial charge in [0.25, 0.3) is 0 Å². The monoisotopic (exact) mass is 301 g/mol. The third-order valence-corrected chi connectivity index (χ3v) is 4.63. The van der Waals surface area contributed by atoms with E-state index in [1.54, 1.807) is 13.2 Å². The lowest BCUT2D eigenvalue weighted by Gasteiger charge is -2.13. The first kappa shape index (κ1) is 16.8. The molecular weight excluding hydrogens is 278 g/mol. The van der Waals surface area contributed by atoms with E-state index in [2.05, 4.69) is 5.32 Å². The lowest BCUT2D eigenvalue weighted by atomic mass is 10.2. The summed E-state index contributed by atoms with van der Waals surface area (Å²) >= 11 is 0. The van der Waals surface area contributed by atoms with Gasteiger partial charge in [0.2, 0.25) is 0 Å². The van der Waals surface area contributed by atoms with Crippen molar-refractivity contribution in [2.75, 3.05) is 32.3 Å². The van der Waals surface area contributed by atoms with Gasteiger partial charge in [0.1, 0.15) is 18.1 Å². The van der Waals surface area contributed by atoms with Gasteiger partial charge in [0.15, 0.2) is 9.84 Å². The Bertz CT molecular complexity index is 514. The smallest absolute Gasteiger partial charge is 0.153 e. The van der Waals surface area contributed by atoms with Crippen LogP contribution in [0, 0.1) is 0 Å². The fourth-order valence-electron chi connectivity index (χ4n) is 1.82. The van der Waals surface area contributed by atoms with Crippen LogP contribution >= 0.6 is 0 Å². The lowest BCUT2D eigenvalue weighted by Crippen LogP contribution is -2.17. The molecule has 114 valence electrons. The molecule has 1 N–H and O–H groups in total. The van der Waals surface area contributed by atoms with Crippen LogP contribution in [-0.4, -0.2) is 40.7 Å². The molecule has 0 aliphatic rings. The summed E-state index contributed by atoms with van der Waals surface area (Å²) in [4.78, 5) is 0. The molecule has 0 radical (unpaired) electrons. The molecule has 0 spiro atoms. The Labute approximate surface area is 121 Å². The van der Waals surface area contributed by atoms with Gasteiger partial charge >= 0.3 is 0 Å². The molecule has 0 amide bonds. The van der Waals surface area contributed by atoms with Gasteiger partial charge in [-0.1, -0.05) is 13.0 Å². The number of benzene rings is 1. The van der Waals surface area contributed by atoms with Crippen molar-refractivity contribution in [3.63, 3.8) is 0 Å². The third-order valence-electron chi connectivity index (χ3n) is 2.81. The molecular formula is C14H23NO4S. The average molecular weight is 301 g/mol. The fourth-order valence-corrected chi connectivity index (χ4v) is 2.99.